The highest BCUT2D eigenvalue weighted by atomic mass is 32.1. The van der Waals surface area contributed by atoms with E-state index in [1.165, 1.54) is 36.1 Å². The van der Waals surface area contributed by atoms with Crippen molar-refractivity contribution in [2.45, 2.75) is 65.0 Å². The zero-order valence-corrected chi connectivity index (χ0v) is 14.8. The number of rotatable bonds is 4. The number of aryl methyl sites for hydroxylation is 2. The van der Waals surface area contributed by atoms with Gasteiger partial charge < -0.3 is 0 Å². The Morgan fingerprint density at radius 3 is 2.70 bits per heavy atom. The molecule has 0 atom stereocenters. The van der Waals surface area contributed by atoms with E-state index in [0.29, 0.717) is 0 Å². The highest BCUT2D eigenvalue weighted by Gasteiger charge is 2.23. The van der Waals surface area contributed by atoms with Gasteiger partial charge in [0.2, 0.25) is 0 Å². The molecule has 1 aliphatic heterocycles. The van der Waals surface area contributed by atoms with Crippen LogP contribution >= 0.6 is 11.3 Å². The van der Waals surface area contributed by atoms with Crippen molar-refractivity contribution in [2.75, 3.05) is 13.1 Å². The van der Waals surface area contributed by atoms with Crippen molar-refractivity contribution >= 4 is 21.6 Å². The van der Waals surface area contributed by atoms with Crippen LogP contribution in [-0.4, -0.2) is 27.5 Å². The van der Waals surface area contributed by atoms with E-state index in [4.69, 9.17) is 4.98 Å². The van der Waals surface area contributed by atoms with E-state index < -0.39 is 0 Å². The Balaban J connectivity index is 1.84. The van der Waals surface area contributed by atoms with Crippen molar-refractivity contribution in [3.8, 4) is 0 Å². The second kappa shape index (κ2) is 6.36. The molecule has 1 fully saturated rings. The molecule has 2 aliphatic rings. The molecule has 4 rings (SSSR count). The van der Waals surface area contributed by atoms with Gasteiger partial charge in [-0.3, -0.25) is 14.3 Å². The lowest BCUT2D eigenvalue weighted by Gasteiger charge is -2.18. The molecule has 1 saturated heterocycles. The molecule has 0 unspecified atom stereocenters. The SMILES string of the molecule is CCCn1c(CN2CCCC2)nc2sc3c(c2c1=O)CCCC3. The summed E-state index contributed by atoms with van der Waals surface area (Å²) in [6, 6.07) is 0. The first kappa shape index (κ1) is 15.3. The fourth-order valence-corrected chi connectivity index (χ4v) is 5.27. The first-order valence-electron chi connectivity index (χ1n) is 9.04. The molecule has 0 bridgehead atoms. The summed E-state index contributed by atoms with van der Waals surface area (Å²) < 4.78 is 1.96. The van der Waals surface area contributed by atoms with Crippen LogP contribution in [-0.2, 0) is 25.9 Å². The summed E-state index contributed by atoms with van der Waals surface area (Å²) in [5.74, 6) is 0.977. The Bertz CT molecular complexity index is 771. The van der Waals surface area contributed by atoms with Crippen LogP contribution in [0.15, 0.2) is 4.79 Å². The van der Waals surface area contributed by atoms with Crippen LogP contribution < -0.4 is 5.56 Å². The molecule has 23 heavy (non-hydrogen) atoms. The minimum Gasteiger partial charge on any atom is -0.296 e. The molecule has 4 nitrogen and oxygen atoms in total. The van der Waals surface area contributed by atoms with Gasteiger partial charge >= 0.3 is 0 Å². The lowest BCUT2D eigenvalue weighted by molar-refractivity contribution is 0.313. The van der Waals surface area contributed by atoms with Gasteiger partial charge in [0, 0.05) is 11.4 Å². The summed E-state index contributed by atoms with van der Waals surface area (Å²) in [7, 11) is 0. The third kappa shape index (κ3) is 2.74. The molecule has 2 aromatic rings. The lowest BCUT2D eigenvalue weighted by atomic mass is 9.97. The second-order valence-electron chi connectivity index (χ2n) is 6.86. The number of hydrogen-bond donors (Lipinski definition) is 0. The van der Waals surface area contributed by atoms with Crippen LogP contribution in [0.25, 0.3) is 10.2 Å². The van der Waals surface area contributed by atoms with Gasteiger partial charge in [0.05, 0.1) is 11.9 Å². The number of likely N-dealkylation sites (tertiary alicyclic amines) is 1. The summed E-state index contributed by atoms with van der Waals surface area (Å²) in [6.07, 6.45) is 8.17. The van der Waals surface area contributed by atoms with Gasteiger partial charge in [-0.1, -0.05) is 6.92 Å². The second-order valence-corrected chi connectivity index (χ2v) is 7.94. The topological polar surface area (TPSA) is 38.1 Å². The number of thiophene rings is 1. The number of nitrogens with zero attached hydrogens (tertiary/aromatic N) is 3. The van der Waals surface area contributed by atoms with E-state index in [1.807, 2.05) is 4.57 Å². The molecule has 0 aromatic carbocycles. The molecular formula is C18H25N3OS. The van der Waals surface area contributed by atoms with Crippen LogP contribution in [0.3, 0.4) is 0 Å². The minimum absolute atomic E-state index is 0.213. The average Bonchev–Trinajstić information content (AvgIpc) is 3.18. The van der Waals surface area contributed by atoms with E-state index >= 15 is 0 Å². The van der Waals surface area contributed by atoms with Gasteiger partial charge in [0.25, 0.3) is 5.56 Å². The molecule has 2 aromatic heterocycles. The van der Waals surface area contributed by atoms with E-state index in [1.54, 1.807) is 11.3 Å². The Hall–Kier alpha value is -1.20. The average molecular weight is 331 g/mol. The first-order chi connectivity index (χ1) is 11.3. The standard InChI is InChI=1S/C18H25N3OS/c1-2-9-21-15(12-20-10-5-6-11-20)19-17-16(18(21)22)13-7-3-4-8-14(13)23-17/h2-12H2,1H3. The van der Waals surface area contributed by atoms with Crippen LogP contribution in [0.5, 0.6) is 0 Å². The van der Waals surface area contributed by atoms with Crippen molar-refractivity contribution in [1.29, 1.82) is 0 Å². The van der Waals surface area contributed by atoms with E-state index in [2.05, 4.69) is 11.8 Å². The Kier molecular flexibility index (Phi) is 4.24. The largest absolute Gasteiger partial charge is 0.296 e. The summed E-state index contributed by atoms with van der Waals surface area (Å²) in [6.45, 7) is 6.03. The van der Waals surface area contributed by atoms with Crippen LogP contribution in [0.2, 0.25) is 0 Å². The van der Waals surface area contributed by atoms with Gasteiger partial charge in [0.1, 0.15) is 10.7 Å². The predicted molar refractivity (Wildman–Crippen MR) is 95.3 cm³/mol. The van der Waals surface area contributed by atoms with Gasteiger partial charge in [-0.15, -0.1) is 11.3 Å². The Morgan fingerprint density at radius 1 is 1.13 bits per heavy atom. The van der Waals surface area contributed by atoms with Crippen LogP contribution in [0.1, 0.15) is 55.3 Å². The summed E-state index contributed by atoms with van der Waals surface area (Å²) >= 11 is 1.77. The highest BCUT2D eigenvalue weighted by Crippen LogP contribution is 2.34. The van der Waals surface area contributed by atoms with Crippen molar-refractivity contribution in [2.24, 2.45) is 0 Å². The predicted octanol–water partition coefficient (Wildman–Crippen LogP) is 3.34. The molecule has 3 heterocycles. The summed E-state index contributed by atoms with van der Waals surface area (Å²) in [5, 5.41) is 0.934. The molecule has 1 aliphatic carbocycles. The molecule has 0 saturated carbocycles. The highest BCUT2D eigenvalue weighted by molar-refractivity contribution is 7.18. The van der Waals surface area contributed by atoms with Crippen molar-refractivity contribution < 1.29 is 0 Å². The normalized spacial score (nSPS) is 18.7. The van der Waals surface area contributed by atoms with E-state index in [0.717, 1.165) is 61.5 Å². The van der Waals surface area contributed by atoms with Crippen molar-refractivity contribution in [3.05, 3.63) is 26.6 Å². The fraction of sp³-hybridized carbons (Fsp3) is 0.667. The van der Waals surface area contributed by atoms with Crippen LogP contribution in [0, 0.1) is 0 Å². The zero-order chi connectivity index (χ0) is 15.8. The molecule has 0 amide bonds. The Labute approximate surface area is 141 Å². The third-order valence-electron chi connectivity index (χ3n) is 5.16. The molecule has 124 valence electrons. The fourth-order valence-electron chi connectivity index (χ4n) is 4.00. The monoisotopic (exact) mass is 331 g/mol. The van der Waals surface area contributed by atoms with Gasteiger partial charge in [-0.25, -0.2) is 4.98 Å². The lowest BCUT2D eigenvalue weighted by Crippen LogP contribution is -2.30. The van der Waals surface area contributed by atoms with Crippen molar-refractivity contribution in [1.82, 2.24) is 14.5 Å². The maximum Gasteiger partial charge on any atom is 0.262 e. The van der Waals surface area contributed by atoms with Crippen molar-refractivity contribution in [3.63, 3.8) is 0 Å². The zero-order valence-electron chi connectivity index (χ0n) is 13.9. The summed E-state index contributed by atoms with van der Waals surface area (Å²) in [5.41, 5.74) is 1.52. The molecular weight excluding hydrogens is 306 g/mol. The first-order valence-corrected chi connectivity index (χ1v) is 9.86. The van der Waals surface area contributed by atoms with E-state index in [9.17, 15) is 4.79 Å². The number of fused-ring (bicyclic) bond motifs is 3. The third-order valence-corrected chi connectivity index (χ3v) is 6.35. The maximum absolute atomic E-state index is 13.2. The van der Waals surface area contributed by atoms with E-state index in [-0.39, 0.29) is 5.56 Å². The maximum atomic E-state index is 13.2. The number of aromatic nitrogens is 2. The molecule has 0 spiro atoms. The smallest absolute Gasteiger partial charge is 0.262 e. The Morgan fingerprint density at radius 2 is 1.91 bits per heavy atom. The molecule has 5 heteroatoms. The van der Waals surface area contributed by atoms with Gasteiger partial charge in [-0.2, -0.15) is 0 Å². The molecule has 0 radical (unpaired) electrons. The minimum atomic E-state index is 0.213. The van der Waals surface area contributed by atoms with Crippen LogP contribution in [0.4, 0.5) is 0 Å². The quantitative estimate of drug-likeness (QED) is 0.862. The molecule has 0 N–H and O–H groups in total. The van der Waals surface area contributed by atoms with Gasteiger partial charge in [0.15, 0.2) is 0 Å². The van der Waals surface area contributed by atoms with Gasteiger partial charge in [-0.05, 0) is 63.6 Å². The number of hydrogen-bond acceptors (Lipinski definition) is 4. The summed E-state index contributed by atoms with van der Waals surface area (Å²) in [4.78, 5) is 23.0.